The summed E-state index contributed by atoms with van der Waals surface area (Å²) in [4.78, 5) is 12.0. The Morgan fingerprint density at radius 2 is 2.14 bits per heavy atom. The van der Waals surface area contributed by atoms with Crippen molar-refractivity contribution in [3.05, 3.63) is 42.0 Å². The zero-order valence-corrected chi connectivity index (χ0v) is 12.6. The van der Waals surface area contributed by atoms with Crippen LogP contribution in [-0.2, 0) is 16.1 Å². The summed E-state index contributed by atoms with van der Waals surface area (Å²) in [5.41, 5.74) is 1.06. The van der Waals surface area contributed by atoms with Crippen LogP contribution < -0.4 is 15.4 Å². The maximum Gasteiger partial charge on any atom is 0.250 e. The molecule has 0 bridgehead atoms. The fourth-order valence-electron chi connectivity index (χ4n) is 2.55. The predicted molar refractivity (Wildman–Crippen MR) is 85.0 cm³/mol. The molecule has 1 aliphatic heterocycles. The van der Waals surface area contributed by atoms with Gasteiger partial charge in [0.25, 0.3) is 5.91 Å². The van der Waals surface area contributed by atoms with Gasteiger partial charge in [0.05, 0.1) is 13.7 Å². The summed E-state index contributed by atoms with van der Waals surface area (Å²) in [5, 5.41) is 8.33. The van der Waals surface area contributed by atoms with Crippen LogP contribution in [0.3, 0.4) is 0 Å². The van der Waals surface area contributed by atoms with Gasteiger partial charge >= 0.3 is 0 Å². The lowest BCUT2D eigenvalue weighted by Gasteiger charge is -2.22. The number of hydrogen-bond acceptors (Lipinski definition) is 4. The standard InChI is InChI=1S/C17H20N2O3/c1-21-15-5-4-13-8-12(2-3-14(13)9-15)10-19-17(20)16-11-18-6-7-22-16/h2-5,8-9,16,18H,6-7,10-11H2,1H3,(H,19,20). The van der Waals surface area contributed by atoms with E-state index in [2.05, 4.69) is 16.7 Å². The van der Waals surface area contributed by atoms with Gasteiger partial charge in [0.15, 0.2) is 0 Å². The van der Waals surface area contributed by atoms with Gasteiger partial charge in [-0.3, -0.25) is 4.79 Å². The molecule has 1 aliphatic rings. The fraction of sp³-hybridized carbons (Fsp3) is 0.353. The van der Waals surface area contributed by atoms with Gasteiger partial charge in [0.1, 0.15) is 11.9 Å². The van der Waals surface area contributed by atoms with Crippen molar-refractivity contribution in [3.63, 3.8) is 0 Å². The molecule has 0 aromatic heterocycles. The van der Waals surface area contributed by atoms with E-state index in [9.17, 15) is 4.79 Å². The highest BCUT2D eigenvalue weighted by Gasteiger charge is 2.21. The lowest BCUT2D eigenvalue weighted by Crippen LogP contribution is -2.47. The fourth-order valence-corrected chi connectivity index (χ4v) is 2.55. The first-order valence-electron chi connectivity index (χ1n) is 7.43. The molecule has 2 aromatic carbocycles. The monoisotopic (exact) mass is 300 g/mol. The smallest absolute Gasteiger partial charge is 0.250 e. The molecule has 5 heteroatoms. The molecule has 1 atom stereocenters. The van der Waals surface area contributed by atoms with E-state index in [0.29, 0.717) is 19.7 Å². The minimum absolute atomic E-state index is 0.0676. The molecule has 3 rings (SSSR count). The van der Waals surface area contributed by atoms with Gasteiger partial charge < -0.3 is 20.1 Å². The molecule has 2 N–H and O–H groups in total. The maximum atomic E-state index is 12.0. The number of carbonyl (C=O) groups excluding carboxylic acids is 1. The Morgan fingerprint density at radius 1 is 1.32 bits per heavy atom. The second kappa shape index (κ2) is 6.77. The van der Waals surface area contributed by atoms with Crippen LogP contribution in [0.25, 0.3) is 10.8 Å². The Kier molecular flexibility index (Phi) is 4.56. The van der Waals surface area contributed by atoms with Gasteiger partial charge in [-0.05, 0) is 34.5 Å². The topological polar surface area (TPSA) is 59.6 Å². The van der Waals surface area contributed by atoms with E-state index in [1.165, 1.54) is 0 Å². The molecule has 5 nitrogen and oxygen atoms in total. The second-order valence-electron chi connectivity index (χ2n) is 5.33. The molecule has 22 heavy (non-hydrogen) atoms. The third kappa shape index (κ3) is 3.37. The summed E-state index contributed by atoms with van der Waals surface area (Å²) in [5.74, 6) is 0.775. The third-order valence-electron chi connectivity index (χ3n) is 3.80. The molecule has 0 radical (unpaired) electrons. The Morgan fingerprint density at radius 3 is 2.91 bits per heavy atom. The van der Waals surface area contributed by atoms with Crippen LogP contribution in [0.15, 0.2) is 36.4 Å². The first-order valence-corrected chi connectivity index (χ1v) is 7.43. The summed E-state index contributed by atoms with van der Waals surface area (Å²) < 4.78 is 10.7. The van der Waals surface area contributed by atoms with Crippen LogP contribution in [0, 0.1) is 0 Å². The number of fused-ring (bicyclic) bond motifs is 1. The normalized spacial score (nSPS) is 18.1. The first-order chi connectivity index (χ1) is 10.8. The van der Waals surface area contributed by atoms with Crippen LogP contribution >= 0.6 is 0 Å². The lowest BCUT2D eigenvalue weighted by molar-refractivity contribution is -0.134. The zero-order chi connectivity index (χ0) is 15.4. The number of carbonyl (C=O) groups is 1. The molecule has 1 heterocycles. The van der Waals surface area contributed by atoms with Crippen molar-refractivity contribution in [2.45, 2.75) is 12.6 Å². The van der Waals surface area contributed by atoms with E-state index in [0.717, 1.165) is 28.6 Å². The predicted octanol–water partition coefficient (Wildman–Crippen LogP) is 1.45. The highest BCUT2D eigenvalue weighted by molar-refractivity contribution is 5.85. The van der Waals surface area contributed by atoms with E-state index in [1.54, 1.807) is 7.11 Å². The molecule has 116 valence electrons. The molecule has 1 fully saturated rings. The van der Waals surface area contributed by atoms with Crippen molar-refractivity contribution >= 4 is 16.7 Å². The quantitative estimate of drug-likeness (QED) is 0.897. The van der Waals surface area contributed by atoms with Crippen molar-refractivity contribution in [3.8, 4) is 5.75 Å². The van der Waals surface area contributed by atoms with Crippen molar-refractivity contribution in [2.75, 3.05) is 26.8 Å². The van der Waals surface area contributed by atoms with Gasteiger partial charge in [-0.1, -0.05) is 18.2 Å². The summed E-state index contributed by atoms with van der Waals surface area (Å²) in [7, 11) is 1.66. The van der Waals surface area contributed by atoms with E-state index >= 15 is 0 Å². The number of ether oxygens (including phenoxy) is 2. The molecule has 0 spiro atoms. The average molecular weight is 300 g/mol. The Hall–Kier alpha value is -2.11. The molecule has 1 unspecified atom stereocenters. The first kappa shape index (κ1) is 14.8. The lowest BCUT2D eigenvalue weighted by atomic mass is 10.1. The van der Waals surface area contributed by atoms with E-state index in [1.807, 2.05) is 30.3 Å². The van der Waals surface area contributed by atoms with Gasteiger partial charge in [0, 0.05) is 19.6 Å². The van der Waals surface area contributed by atoms with Crippen LogP contribution in [-0.4, -0.2) is 38.8 Å². The number of rotatable bonds is 4. The molecule has 1 amide bonds. The van der Waals surface area contributed by atoms with Crippen molar-refractivity contribution in [1.29, 1.82) is 0 Å². The molecule has 1 saturated heterocycles. The van der Waals surface area contributed by atoms with E-state index < -0.39 is 6.10 Å². The van der Waals surface area contributed by atoms with Gasteiger partial charge in [-0.2, -0.15) is 0 Å². The van der Waals surface area contributed by atoms with E-state index in [4.69, 9.17) is 9.47 Å². The molecule has 0 saturated carbocycles. The minimum Gasteiger partial charge on any atom is -0.497 e. The SMILES string of the molecule is COc1ccc2cc(CNC(=O)C3CNCCO3)ccc2c1. The van der Waals surface area contributed by atoms with Crippen LogP contribution in [0.4, 0.5) is 0 Å². The van der Waals surface area contributed by atoms with Crippen LogP contribution in [0.5, 0.6) is 5.75 Å². The van der Waals surface area contributed by atoms with Gasteiger partial charge in [0.2, 0.25) is 0 Å². The maximum absolute atomic E-state index is 12.0. The summed E-state index contributed by atoms with van der Waals surface area (Å²) >= 11 is 0. The summed E-state index contributed by atoms with van der Waals surface area (Å²) in [6.45, 7) is 2.46. The number of methoxy groups -OCH3 is 1. The number of hydrogen-bond donors (Lipinski definition) is 2. The third-order valence-corrected chi connectivity index (χ3v) is 3.80. The highest BCUT2D eigenvalue weighted by Crippen LogP contribution is 2.21. The molecular formula is C17H20N2O3. The highest BCUT2D eigenvalue weighted by atomic mass is 16.5. The number of amides is 1. The summed E-state index contributed by atoms with van der Waals surface area (Å²) in [6, 6.07) is 12.1. The van der Waals surface area contributed by atoms with Crippen molar-refractivity contribution in [2.24, 2.45) is 0 Å². The number of benzene rings is 2. The van der Waals surface area contributed by atoms with Gasteiger partial charge in [-0.25, -0.2) is 0 Å². The Labute approximate surface area is 129 Å². The summed E-state index contributed by atoms with van der Waals surface area (Å²) in [6.07, 6.45) is -0.390. The molecule has 0 aliphatic carbocycles. The number of morpholine rings is 1. The van der Waals surface area contributed by atoms with Crippen LogP contribution in [0.2, 0.25) is 0 Å². The number of nitrogens with one attached hydrogen (secondary N) is 2. The molecular weight excluding hydrogens is 280 g/mol. The van der Waals surface area contributed by atoms with Gasteiger partial charge in [-0.15, -0.1) is 0 Å². The Balaban J connectivity index is 1.65. The van der Waals surface area contributed by atoms with E-state index in [-0.39, 0.29) is 5.91 Å². The second-order valence-corrected chi connectivity index (χ2v) is 5.33. The molecule has 2 aromatic rings. The average Bonchev–Trinajstić information content (AvgIpc) is 2.59. The van der Waals surface area contributed by atoms with Crippen molar-refractivity contribution in [1.82, 2.24) is 10.6 Å². The zero-order valence-electron chi connectivity index (χ0n) is 12.6. The Bertz CT molecular complexity index is 666. The van der Waals surface area contributed by atoms with Crippen LogP contribution in [0.1, 0.15) is 5.56 Å². The van der Waals surface area contributed by atoms with Crippen molar-refractivity contribution < 1.29 is 14.3 Å². The largest absolute Gasteiger partial charge is 0.497 e. The minimum atomic E-state index is -0.390.